The van der Waals surface area contributed by atoms with E-state index in [1.807, 2.05) is 0 Å². The number of carbonyl (C=O) groups excluding carboxylic acids is 1. The van der Waals surface area contributed by atoms with E-state index in [9.17, 15) is 9.90 Å². The number of aliphatic hydroxyl groups is 1. The number of esters is 1. The molecule has 4 nitrogen and oxygen atoms in total. The minimum Gasteiger partial charge on any atom is -0.463 e. The Balaban J connectivity index is 3.77. The third-order valence-corrected chi connectivity index (χ3v) is 2.13. The highest BCUT2D eigenvalue weighted by molar-refractivity contribution is 5.88. The van der Waals surface area contributed by atoms with Crippen LogP contribution in [0, 0.1) is 5.41 Å². The van der Waals surface area contributed by atoms with Crippen LogP contribution < -0.4 is 5.32 Å². The molecule has 0 amide bonds. The van der Waals surface area contributed by atoms with Gasteiger partial charge in [-0.3, -0.25) is 0 Å². The Morgan fingerprint density at radius 3 is 2.53 bits per heavy atom. The van der Waals surface area contributed by atoms with Crippen molar-refractivity contribution in [1.29, 1.82) is 0 Å². The van der Waals surface area contributed by atoms with E-state index in [-0.39, 0.29) is 11.4 Å². The zero-order valence-corrected chi connectivity index (χ0v) is 11.4. The highest BCUT2D eigenvalue weighted by Crippen LogP contribution is 2.20. The molecule has 1 atom stereocenters. The maximum absolute atomic E-state index is 11.2. The van der Waals surface area contributed by atoms with Crippen molar-refractivity contribution in [1.82, 2.24) is 5.32 Å². The summed E-state index contributed by atoms with van der Waals surface area (Å²) in [6.45, 7) is 12.8. The van der Waals surface area contributed by atoms with Gasteiger partial charge >= 0.3 is 5.97 Å². The average Bonchev–Trinajstić information content (AvgIpc) is 2.14. The molecule has 100 valence electrons. The van der Waals surface area contributed by atoms with E-state index in [2.05, 4.69) is 32.7 Å². The number of rotatable bonds is 7. The van der Waals surface area contributed by atoms with E-state index in [1.165, 1.54) is 0 Å². The third-order valence-electron chi connectivity index (χ3n) is 2.13. The molecule has 0 rings (SSSR count). The smallest absolute Gasteiger partial charge is 0.334 e. The maximum atomic E-state index is 11.2. The van der Waals surface area contributed by atoms with E-state index in [0.29, 0.717) is 31.7 Å². The Morgan fingerprint density at radius 2 is 2.06 bits per heavy atom. The molecule has 0 spiro atoms. The monoisotopic (exact) mass is 243 g/mol. The lowest BCUT2D eigenvalue weighted by Crippen LogP contribution is -2.32. The number of hydrogen-bond acceptors (Lipinski definition) is 4. The number of nitrogens with one attached hydrogen (secondary N) is 1. The minimum absolute atomic E-state index is 0.0965. The Kier molecular flexibility index (Phi) is 7.07. The van der Waals surface area contributed by atoms with Crippen LogP contribution in [0.1, 0.15) is 34.1 Å². The highest BCUT2D eigenvalue weighted by atomic mass is 16.5. The second-order valence-electron chi connectivity index (χ2n) is 5.37. The second kappa shape index (κ2) is 7.45. The molecule has 2 N–H and O–H groups in total. The van der Waals surface area contributed by atoms with E-state index >= 15 is 0 Å². The summed E-state index contributed by atoms with van der Waals surface area (Å²) in [5.74, 6) is -0.384. The summed E-state index contributed by atoms with van der Waals surface area (Å²) in [7, 11) is 0. The fraction of sp³-hybridized carbons (Fsp3) is 0.769. The largest absolute Gasteiger partial charge is 0.463 e. The first-order valence-corrected chi connectivity index (χ1v) is 6.00. The predicted octanol–water partition coefficient (Wildman–Crippen LogP) is 1.49. The van der Waals surface area contributed by atoms with Crippen LogP contribution in [0.4, 0.5) is 0 Å². The van der Waals surface area contributed by atoms with Crippen LogP contribution in [-0.2, 0) is 9.53 Å². The fourth-order valence-electron chi connectivity index (χ4n) is 1.47. The molecule has 0 saturated heterocycles. The van der Waals surface area contributed by atoms with Crippen LogP contribution >= 0.6 is 0 Å². The van der Waals surface area contributed by atoms with Gasteiger partial charge in [0.1, 0.15) is 0 Å². The molecular formula is C13H25NO3. The van der Waals surface area contributed by atoms with Crippen LogP contribution in [0.25, 0.3) is 0 Å². The zero-order valence-electron chi connectivity index (χ0n) is 11.4. The molecule has 0 saturated carbocycles. The van der Waals surface area contributed by atoms with Gasteiger partial charge in [-0.15, -0.1) is 0 Å². The quantitative estimate of drug-likeness (QED) is 0.525. The molecule has 1 unspecified atom stereocenters. The van der Waals surface area contributed by atoms with E-state index in [1.54, 1.807) is 6.92 Å². The molecule has 0 bridgehead atoms. The summed E-state index contributed by atoms with van der Waals surface area (Å²) in [4.78, 5) is 11.2. The van der Waals surface area contributed by atoms with Crippen molar-refractivity contribution in [3.8, 4) is 0 Å². The zero-order chi connectivity index (χ0) is 13.5. The molecule has 0 aromatic carbocycles. The van der Waals surface area contributed by atoms with Crippen LogP contribution in [0.2, 0.25) is 0 Å². The SMILES string of the molecule is C=C(CNCC(O)CC(C)(C)C)C(=O)OCC. The summed E-state index contributed by atoms with van der Waals surface area (Å²) in [6.07, 6.45) is 0.302. The number of hydrogen-bond donors (Lipinski definition) is 2. The van der Waals surface area contributed by atoms with Gasteiger partial charge < -0.3 is 15.2 Å². The summed E-state index contributed by atoms with van der Waals surface area (Å²) in [5, 5.41) is 12.7. The molecule has 4 heteroatoms. The van der Waals surface area contributed by atoms with Crippen molar-refractivity contribution in [2.24, 2.45) is 5.41 Å². The average molecular weight is 243 g/mol. The molecule has 0 aliphatic rings. The molecule has 0 aliphatic heterocycles. The fourth-order valence-corrected chi connectivity index (χ4v) is 1.47. The topological polar surface area (TPSA) is 58.6 Å². The van der Waals surface area contributed by atoms with Crippen LogP contribution in [0.15, 0.2) is 12.2 Å². The highest BCUT2D eigenvalue weighted by Gasteiger charge is 2.16. The summed E-state index contributed by atoms with van der Waals surface area (Å²) < 4.78 is 4.80. The van der Waals surface area contributed by atoms with E-state index < -0.39 is 6.10 Å². The Morgan fingerprint density at radius 1 is 1.47 bits per heavy atom. The van der Waals surface area contributed by atoms with Crippen LogP contribution in [0.5, 0.6) is 0 Å². The van der Waals surface area contributed by atoms with Gasteiger partial charge in [-0.25, -0.2) is 4.79 Å². The van der Waals surface area contributed by atoms with Crippen molar-refractivity contribution in [2.75, 3.05) is 19.7 Å². The molecule has 0 radical (unpaired) electrons. The second-order valence-corrected chi connectivity index (χ2v) is 5.37. The van der Waals surface area contributed by atoms with Gasteiger partial charge in [0.05, 0.1) is 12.7 Å². The molecule has 0 aromatic heterocycles. The molecule has 0 aromatic rings. The van der Waals surface area contributed by atoms with Crippen molar-refractivity contribution >= 4 is 5.97 Å². The Bertz CT molecular complexity index is 256. The molecule has 0 aliphatic carbocycles. The van der Waals surface area contributed by atoms with Gasteiger partial charge in [-0.2, -0.15) is 0 Å². The standard InChI is InChI=1S/C13H25NO3/c1-6-17-12(16)10(2)8-14-9-11(15)7-13(3,4)5/h11,14-15H,2,6-9H2,1,3-5H3. The first-order chi connectivity index (χ1) is 7.76. The third kappa shape index (κ3) is 8.89. The molecule has 0 fully saturated rings. The Hall–Kier alpha value is -0.870. The summed E-state index contributed by atoms with van der Waals surface area (Å²) in [5.41, 5.74) is 0.481. The predicted molar refractivity (Wildman–Crippen MR) is 68.7 cm³/mol. The number of aliphatic hydroxyl groups excluding tert-OH is 1. The minimum atomic E-state index is -0.412. The Labute approximate surface area is 104 Å². The van der Waals surface area contributed by atoms with Gasteiger partial charge in [0.2, 0.25) is 0 Å². The van der Waals surface area contributed by atoms with Crippen molar-refractivity contribution < 1.29 is 14.6 Å². The lowest BCUT2D eigenvalue weighted by Gasteiger charge is -2.22. The van der Waals surface area contributed by atoms with E-state index in [4.69, 9.17) is 4.74 Å². The molecular weight excluding hydrogens is 218 g/mol. The van der Waals surface area contributed by atoms with Gasteiger partial charge in [-0.1, -0.05) is 27.4 Å². The van der Waals surface area contributed by atoms with Crippen LogP contribution in [0.3, 0.4) is 0 Å². The van der Waals surface area contributed by atoms with Gasteiger partial charge in [0.25, 0.3) is 0 Å². The van der Waals surface area contributed by atoms with Crippen LogP contribution in [-0.4, -0.2) is 36.9 Å². The normalized spacial score (nSPS) is 13.2. The maximum Gasteiger partial charge on any atom is 0.334 e. The van der Waals surface area contributed by atoms with E-state index in [0.717, 1.165) is 0 Å². The van der Waals surface area contributed by atoms with Gasteiger partial charge in [0.15, 0.2) is 0 Å². The summed E-state index contributed by atoms with van der Waals surface area (Å²) >= 11 is 0. The van der Waals surface area contributed by atoms with Crippen molar-refractivity contribution in [2.45, 2.75) is 40.2 Å². The lowest BCUT2D eigenvalue weighted by molar-refractivity contribution is -0.138. The first kappa shape index (κ1) is 16.1. The first-order valence-electron chi connectivity index (χ1n) is 6.00. The molecule has 17 heavy (non-hydrogen) atoms. The van der Waals surface area contributed by atoms with Gasteiger partial charge in [0, 0.05) is 18.7 Å². The summed E-state index contributed by atoms with van der Waals surface area (Å²) in [6, 6.07) is 0. The molecule has 0 heterocycles. The lowest BCUT2D eigenvalue weighted by atomic mass is 9.89. The number of carbonyl (C=O) groups is 1. The van der Waals surface area contributed by atoms with Crippen molar-refractivity contribution in [3.63, 3.8) is 0 Å². The number of ether oxygens (including phenoxy) is 1. The van der Waals surface area contributed by atoms with Gasteiger partial charge in [-0.05, 0) is 18.8 Å². The van der Waals surface area contributed by atoms with Crippen molar-refractivity contribution in [3.05, 3.63) is 12.2 Å².